The summed E-state index contributed by atoms with van der Waals surface area (Å²) in [4.78, 5) is 38.3. The van der Waals surface area contributed by atoms with Gasteiger partial charge in [0, 0.05) is 19.7 Å². The van der Waals surface area contributed by atoms with E-state index in [1.807, 2.05) is 0 Å². The first-order valence-corrected chi connectivity index (χ1v) is 5.87. The van der Waals surface area contributed by atoms with Crippen LogP contribution in [0.5, 0.6) is 0 Å². The Kier molecular flexibility index (Phi) is 5.70. The van der Waals surface area contributed by atoms with Crippen molar-refractivity contribution in [3.05, 3.63) is 18.2 Å². The molecule has 0 spiro atoms. The Morgan fingerprint density at radius 3 is 2.55 bits per heavy atom. The lowest BCUT2D eigenvalue weighted by molar-refractivity contribution is -0.148. The number of rotatable bonds is 6. The molecule has 0 fully saturated rings. The summed E-state index contributed by atoms with van der Waals surface area (Å²) in [6.45, 7) is 0. The molecular formula is C12H17N3O5. The molecule has 0 aliphatic carbocycles. The van der Waals surface area contributed by atoms with E-state index < -0.39 is 30.3 Å². The molecule has 8 nitrogen and oxygen atoms in total. The quantitative estimate of drug-likeness (QED) is 0.541. The number of esters is 2. The van der Waals surface area contributed by atoms with Crippen molar-refractivity contribution in [2.75, 3.05) is 14.2 Å². The molecule has 1 unspecified atom stereocenters. The Morgan fingerprint density at radius 1 is 1.35 bits per heavy atom. The van der Waals surface area contributed by atoms with E-state index in [4.69, 9.17) is 0 Å². The maximum atomic E-state index is 11.6. The fraction of sp³-hybridized carbons (Fsp3) is 0.500. The summed E-state index contributed by atoms with van der Waals surface area (Å²) in [5.41, 5.74) is 0.626. The number of carbonyl (C=O) groups excluding carboxylic acids is 3. The van der Waals surface area contributed by atoms with E-state index in [1.165, 1.54) is 14.2 Å². The second kappa shape index (κ2) is 7.27. The van der Waals surface area contributed by atoms with Crippen LogP contribution in [0, 0.1) is 0 Å². The zero-order chi connectivity index (χ0) is 15.1. The van der Waals surface area contributed by atoms with Gasteiger partial charge >= 0.3 is 11.9 Å². The van der Waals surface area contributed by atoms with Crippen LogP contribution >= 0.6 is 0 Å². The van der Waals surface area contributed by atoms with Crippen molar-refractivity contribution in [3.8, 4) is 0 Å². The lowest BCUT2D eigenvalue weighted by Gasteiger charge is -2.15. The molecule has 0 saturated heterocycles. The van der Waals surface area contributed by atoms with Gasteiger partial charge in [-0.05, 0) is 0 Å². The Morgan fingerprint density at radius 2 is 2.05 bits per heavy atom. The molecule has 20 heavy (non-hydrogen) atoms. The monoisotopic (exact) mass is 283 g/mol. The number of carbonyl (C=O) groups is 3. The first kappa shape index (κ1) is 15.7. The minimum absolute atomic E-state index is 0.181. The summed E-state index contributed by atoms with van der Waals surface area (Å²) in [6, 6.07) is -0.896. The van der Waals surface area contributed by atoms with Gasteiger partial charge in [-0.15, -0.1) is 0 Å². The number of amides is 1. The van der Waals surface area contributed by atoms with E-state index in [1.54, 1.807) is 24.1 Å². The van der Waals surface area contributed by atoms with Crippen LogP contribution in [0.15, 0.2) is 12.5 Å². The molecule has 0 bridgehead atoms. The van der Waals surface area contributed by atoms with Gasteiger partial charge in [-0.1, -0.05) is 0 Å². The molecule has 0 aromatic carbocycles. The number of ether oxygens (including phenoxy) is 2. The summed E-state index contributed by atoms with van der Waals surface area (Å²) in [7, 11) is 4.20. The molecule has 1 rings (SSSR count). The molecule has 1 heterocycles. The van der Waals surface area contributed by atoms with Crippen molar-refractivity contribution in [3.63, 3.8) is 0 Å². The van der Waals surface area contributed by atoms with Gasteiger partial charge in [0.25, 0.3) is 0 Å². The van der Waals surface area contributed by atoms with Crippen LogP contribution in [0.25, 0.3) is 0 Å². The Bertz CT molecular complexity index is 497. The van der Waals surface area contributed by atoms with Gasteiger partial charge in [-0.2, -0.15) is 0 Å². The Hall–Kier alpha value is -2.38. The van der Waals surface area contributed by atoms with Crippen molar-refractivity contribution in [1.82, 2.24) is 14.9 Å². The number of nitrogens with zero attached hydrogens (tertiary/aromatic N) is 2. The third-order valence-corrected chi connectivity index (χ3v) is 2.53. The van der Waals surface area contributed by atoms with Crippen LogP contribution in [-0.2, 0) is 37.3 Å². The average molecular weight is 283 g/mol. The van der Waals surface area contributed by atoms with Crippen molar-refractivity contribution in [1.29, 1.82) is 0 Å². The van der Waals surface area contributed by atoms with E-state index in [2.05, 4.69) is 19.8 Å². The van der Waals surface area contributed by atoms with Crippen molar-refractivity contribution < 1.29 is 23.9 Å². The topological polar surface area (TPSA) is 99.5 Å². The van der Waals surface area contributed by atoms with E-state index in [0.717, 1.165) is 0 Å². The fourth-order valence-corrected chi connectivity index (χ4v) is 1.57. The van der Waals surface area contributed by atoms with Crippen LogP contribution in [0.4, 0.5) is 0 Å². The van der Waals surface area contributed by atoms with Crippen LogP contribution in [0.1, 0.15) is 12.1 Å². The first-order chi connectivity index (χ1) is 9.46. The average Bonchev–Trinajstić information content (AvgIpc) is 2.82. The third kappa shape index (κ3) is 4.71. The molecule has 0 aliphatic rings. The van der Waals surface area contributed by atoms with Crippen molar-refractivity contribution in [2.45, 2.75) is 18.9 Å². The van der Waals surface area contributed by atoms with Gasteiger partial charge in [0.15, 0.2) is 0 Å². The predicted molar refractivity (Wildman–Crippen MR) is 67.5 cm³/mol. The van der Waals surface area contributed by atoms with Gasteiger partial charge in [-0.3, -0.25) is 9.59 Å². The smallest absolute Gasteiger partial charge is 0.328 e. The summed E-state index contributed by atoms with van der Waals surface area (Å²) in [5.74, 6) is -1.89. The molecule has 8 heteroatoms. The molecule has 0 saturated carbocycles. The second-order valence-corrected chi connectivity index (χ2v) is 4.13. The van der Waals surface area contributed by atoms with Crippen LogP contribution in [0.3, 0.4) is 0 Å². The standard InChI is InChI=1S/C12H17N3O5/c1-15-6-8(13-7-15)4-9(12(18)20-3)14-10(16)5-11(17)19-2/h6-7,9H,4-5H2,1-3H3,(H,14,16). The van der Waals surface area contributed by atoms with Crippen LogP contribution in [0.2, 0.25) is 0 Å². The number of hydrogen-bond donors (Lipinski definition) is 1. The van der Waals surface area contributed by atoms with E-state index in [0.29, 0.717) is 5.69 Å². The van der Waals surface area contributed by atoms with Gasteiger partial charge in [0.05, 0.1) is 26.2 Å². The molecular weight excluding hydrogens is 266 g/mol. The maximum absolute atomic E-state index is 11.6. The maximum Gasteiger partial charge on any atom is 0.328 e. The lowest BCUT2D eigenvalue weighted by atomic mass is 10.1. The van der Waals surface area contributed by atoms with Gasteiger partial charge in [0.2, 0.25) is 5.91 Å². The number of imidazole rings is 1. The molecule has 110 valence electrons. The minimum Gasteiger partial charge on any atom is -0.469 e. The summed E-state index contributed by atoms with van der Waals surface area (Å²) in [5, 5.41) is 2.43. The number of hydrogen-bond acceptors (Lipinski definition) is 6. The zero-order valence-electron chi connectivity index (χ0n) is 11.6. The normalized spacial score (nSPS) is 11.6. The molecule has 1 N–H and O–H groups in total. The van der Waals surface area contributed by atoms with Crippen LogP contribution in [-0.4, -0.2) is 47.7 Å². The third-order valence-electron chi connectivity index (χ3n) is 2.53. The van der Waals surface area contributed by atoms with Crippen molar-refractivity contribution in [2.24, 2.45) is 7.05 Å². The minimum atomic E-state index is -0.896. The number of methoxy groups -OCH3 is 2. The lowest BCUT2D eigenvalue weighted by Crippen LogP contribution is -2.43. The highest BCUT2D eigenvalue weighted by molar-refractivity contribution is 5.96. The zero-order valence-corrected chi connectivity index (χ0v) is 11.6. The molecule has 1 aromatic heterocycles. The highest BCUT2D eigenvalue weighted by Gasteiger charge is 2.24. The number of nitrogens with one attached hydrogen (secondary N) is 1. The first-order valence-electron chi connectivity index (χ1n) is 5.87. The van der Waals surface area contributed by atoms with E-state index in [9.17, 15) is 14.4 Å². The molecule has 0 aliphatic heterocycles. The Balaban J connectivity index is 2.67. The molecule has 1 amide bonds. The van der Waals surface area contributed by atoms with Gasteiger partial charge < -0.3 is 19.4 Å². The van der Waals surface area contributed by atoms with Gasteiger partial charge in [-0.25, -0.2) is 9.78 Å². The summed E-state index contributed by atoms with van der Waals surface area (Å²) >= 11 is 0. The SMILES string of the molecule is COC(=O)CC(=O)NC(Cc1cn(C)cn1)C(=O)OC. The highest BCUT2D eigenvalue weighted by Crippen LogP contribution is 2.02. The number of aryl methyl sites for hydroxylation is 1. The predicted octanol–water partition coefficient (Wildman–Crippen LogP) is -0.816. The second-order valence-electron chi connectivity index (χ2n) is 4.13. The van der Waals surface area contributed by atoms with Crippen LogP contribution < -0.4 is 5.32 Å². The number of aromatic nitrogens is 2. The van der Waals surface area contributed by atoms with E-state index >= 15 is 0 Å². The fourth-order valence-electron chi connectivity index (χ4n) is 1.57. The summed E-state index contributed by atoms with van der Waals surface area (Å²) in [6.07, 6.45) is 3.04. The molecule has 0 radical (unpaired) electrons. The largest absolute Gasteiger partial charge is 0.469 e. The van der Waals surface area contributed by atoms with E-state index in [-0.39, 0.29) is 6.42 Å². The molecule has 1 atom stereocenters. The highest BCUT2D eigenvalue weighted by atomic mass is 16.5. The molecule has 1 aromatic rings. The van der Waals surface area contributed by atoms with Gasteiger partial charge in [0.1, 0.15) is 12.5 Å². The summed E-state index contributed by atoms with van der Waals surface area (Å²) < 4.78 is 10.7. The van der Waals surface area contributed by atoms with Crippen molar-refractivity contribution >= 4 is 17.8 Å². The Labute approximate surface area is 116 Å².